The molecule has 5 nitrogen and oxygen atoms in total. The van der Waals surface area contributed by atoms with E-state index in [0.29, 0.717) is 12.5 Å². The standard InChI is InChI=1S/C16H26N4O.HI/c1-3-4-5-6-10-18-16(17)19-12-14-8-7-9-15(11-14)20-13(2)21;/h7-9,11H,3-6,10,12H2,1-2H3,(H,20,21)(H3,17,18,19);1H. The second-order valence-corrected chi connectivity index (χ2v) is 5.07. The van der Waals surface area contributed by atoms with Crippen molar-refractivity contribution in [1.82, 2.24) is 5.32 Å². The highest BCUT2D eigenvalue weighted by Crippen LogP contribution is 2.11. The van der Waals surface area contributed by atoms with Crippen LogP contribution in [-0.2, 0) is 11.3 Å². The molecule has 0 unspecified atom stereocenters. The van der Waals surface area contributed by atoms with Gasteiger partial charge in [0.05, 0.1) is 6.54 Å². The number of hydrogen-bond acceptors (Lipinski definition) is 2. The maximum Gasteiger partial charge on any atom is 0.221 e. The Morgan fingerprint density at radius 2 is 2.05 bits per heavy atom. The van der Waals surface area contributed by atoms with Crippen LogP contribution in [0.15, 0.2) is 29.3 Å². The van der Waals surface area contributed by atoms with Gasteiger partial charge in [-0.25, -0.2) is 4.99 Å². The largest absolute Gasteiger partial charge is 0.370 e. The van der Waals surface area contributed by atoms with E-state index in [9.17, 15) is 4.79 Å². The van der Waals surface area contributed by atoms with E-state index in [4.69, 9.17) is 5.73 Å². The fourth-order valence-electron chi connectivity index (χ4n) is 1.95. The third kappa shape index (κ3) is 9.59. The Kier molecular flexibility index (Phi) is 11.5. The van der Waals surface area contributed by atoms with Crippen molar-refractivity contribution < 1.29 is 4.79 Å². The molecule has 0 spiro atoms. The minimum absolute atomic E-state index is 0. The molecule has 4 N–H and O–H groups in total. The molecule has 0 atom stereocenters. The molecule has 0 bridgehead atoms. The smallest absolute Gasteiger partial charge is 0.221 e. The number of unbranched alkanes of at least 4 members (excludes halogenated alkanes) is 3. The highest BCUT2D eigenvalue weighted by Gasteiger charge is 1.98. The topological polar surface area (TPSA) is 79.5 Å². The number of benzene rings is 1. The summed E-state index contributed by atoms with van der Waals surface area (Å²) in [5, 5.41) is 5.87. The Balaban J connectivity index is 0.00000441. The van der Waals surface area contributed by atoms with Crippen molar-refractivity contribution >= 4 is 41.5 Å². The summed E-state index contributed by atoms with van der Waals surface area (Å²) in [7, 11) is 0. The van der Waals surface area contributed by atoms with Crippen molar-refractivity contribution in [3.8, 4) is 0 Å². The van der Waals surface area contributed by atoms with Gasteiger partial charge in [0.1, 0.15) is 0 Å². The second kappa shape index (κ2) is 12.3. The lowest BCUT2D eigenvalue weighted by Crippen LogP contribution is -2.32. The summed E-state index contributed by atoms with van der Waals surface area (Å²) < 4.78 is 0. The van der Waals surface area contributed by atoms with E-state index in [0.717, 1.165) is 24.2 Å². The van der Waals surface area contributed by atoms with Crippen LogP contribution in [0.1, 0.15) is 45.1 Å². The quantitative estimate of drug-likeness (QED) is 0.263. The summed E-state index contributed by atoms with van der Waals surface area (Å²) in [4.78, 5) is 15.3. The van der Waals surface area contributed by atoms with Crippen molar-refractivity contribution in [2.45, 2.75) is 46.1 Å². The number of nitrogens with two attached hydrogens (primary N) is 1. The minimum atomic E-state index is -0.0797. The zero-order chi connectivity index (χ0) is 15.5. The Labute approximate surface area is 150 Å². The van der Waals surface area contributed by atoms with Gasteiger partial charge in [0.2, 0.25) is 5.91 Å². The molecule has 0 saturated heterocycles. The highest BCUT2D eigenvalue weighted by atomic mass is 127. The van der Waals surface area contributed by atoms with Crippen molar-refractivity contribution in [3.05, 3.63) is 29.8 Å². The van der Waals surface area contributed by atoms with Gasteiger partial charge in [-0.15, -0.1) is 24.0 Å². The van der Waals surface area contributed by atoms with E-state index in [1.807, 2.05) is 24.3 Å². The SMILES string of the molecule is CCCCCCNC(N)=NCc1cccc(NC(C)=O)c1.I. The summed E-state index contributed by atoms with van der Waals surface area (Å²) in [6, 6.07) is 7.61. The van der Waals surface area contributed by atoms with Gasteiger partial charge in [-0.2, -0.15) is 0 Å². The van der Waals surface area contributed by atoms with Gasteiger partial charge in [0.15, 0.2) is 5.96 Å². The number of aliphatic imine (C=N–C) groups is 1. The second-order valence-electron chi connectivity index (χ2n) is 5.07. The number of amides is 1. The number of rotatable bonds is 8. The molecule has 1 aromatic rings. The van der Waals surface area contributed by atoms with Gasteiger partial charge >= 0.3 is 0 Å². The lowest BCUT2D eigenvalue weighted by molar-refractivity contribution is -0.114. The molecule has 0 heterocycles. The summed E-state index contributed by atoms with van der Waals surface area (Å²) in [6.45, 7) is 5.05. The van der Waals surface area contributed by atoms with Gasteiger partial charge in [0.25, 0.3) is 0 Å². The van der Waals surface area contributed by atoms with Crippen molar-refractivity contribution in [2.75, 3.05) is 11.9 Å². The number of anilines is 1. The summed E-state index contributed by atoms with van der Waals surface area (Å²) in [6.07, 6.45) is 4.82. The number of carbonyl (C=O) groups is 1. The molecule has 0 fully saturated rings. The van der Waals surface area contributed by atoms with Crippen molar-refractivity contribution in [3.63, 3.8) is 0 Å². The molecular weight excluding hydrogens is 391 g/mol. The fourth-order valence-corrected chi connectivity index (χ4v) is 1.95. The molecule has 1 amide bonds. The Bertz CT molecular complexity index is 477. The number of carbonyl (C=O) groups excluding carboxylic acids is 1. The van der Waals surface area contributed by atoms with Crippen LogP contribution in [0.3, 0.4) is 0 Å². The number of hydrogen-bond donors (Lipinski definition) is 3. The van der Waals surface area contributed by atoms with Crippen LogP contribution in [0, 0.1) is 0 Å². The molecule has 1 rings (SSSR count). The number of nitrogens with one attached hydrogen (secondary N) is 2. The molecule has 0 aliphatic rings. The van der Waals surface area contributed by atoms with Crippen LogP contribution in [0.4, 0.5) is 5.69 Å². The van der Waals surface area contributed by atoms with Crippen LogP contribution >= 0.6 is 24.0 Å². The van der Waals surface area contributed by atoms with Crippen LogP contribution in [0.5, 0.6) is 0 Å². The third-order valence-corrected chi connectivity index (χ3v) is 3.02. The van der Waals surface area contributed by atoms with Gasteiger partial charge in [-0.05, 0) is 24.1 Å². The molecule has 1 aromatic carbocycles. The molecule has 0 aliphatic carbocycles. The van der Waals surface area contributed by atoms with Gasteiger partial charge in [-0.1, -0.05) is 38.3 Å². The third-order valence-electron chi connectivity index (χ3n) is 3.02. The zero-order valence-corrected chi connectivity index (χ0v) is 15.7. The first kappa shape index (κ1) is 20.7. The van der Waals surface area contributed by atoms with Crippen molar-refractivity contribution in [1.29, 1.82) is 0 Å². The van der Waals surface area contributed by atoms with E-state index in [2.05, 4.69) is 22.5 Å². The van der Waals surface area contributed by atoms with Gasteiger partial charge in [0, 0.05) is 19.2 Å². The van der Waals surface area contributed by atoms with E-state index < -0.39 is 0 Å². The molecule has 0 aromatic heterocycles. The monoisotopic (exact) mass is 418 g/mol. The zero-order valence-electron chi connectivity index (χ0n) is 13.4. The van der Waals surface area contributed by atoms with E-state index in [-0.39, 0.29) is 29.9 Å². The van der Waals surface area contributed by atoms with Crippen LogP contribution in [0.25, 0.3) is 0 Å². The molecule has 22 heavy (non-hydrogen) atoms. The van der Waals surface area contributed by atoms with Crippen LogP contribution in [0.2, 0.25) is 0 Å². The maximum absolute atomic E-state index is 11.0. The maximum atomic E-state index is 11.0. The predicted molar refractivity (Wildman–Crippen MR) is 104 cm³/mol. The Hall–Kier alpha value is -1.31. The Morgan fingerprint density at radius 3 is 2.73 bits per heavy atom. The number of guanidine groups is 1. The van der Waals surface area contributed by atoms with E-state index in [1.54, 1.807) is 0 Å². The lowest BCUT2D eigenvalue weighted by Gasteiger charge is -2.06. The molecule has 0 saturated carbocycles. The van der Waals surface area contributed by atoms with Crippen molar-refractivity contribution in [2.24, 2.45) is 10.7 Å². The summed E-state index contributed by atoms with van der Waals surface area (Å²) in [5.74, 6) is 0.389. The summed E-state index contributed by atoms with van der Waals surface area (Å²) >= 11 is 0. The Morgan fingerprint density at radius 1 is 1.27 bits per heavy atom. The molecule has 124 valence electrons. The first-order chi connectivity index (χ1) is 10.1. The lowest BCUT2D eigenvalue weighted by atomic mass is 10.2. The van der Waals surface area contributed by atoms with Crippen LogP contribution < -0.4 is 16.4 Å². The average molecular weight is 418 g/mol. The normalized spacial score (nSPS) is 10.7. The van der Waals surface area contributed by atoms with Gasteiger partial charge < -0.3 is 16.4 Å². The summed E-state index contributed by atoms with van der Waals surface area (Å²) in [5.41, 5.74) is 7.61. The number of halogens is 1. The molecule has 0 aliphatic heterocycles. The fraction of sp³-hybridized carbons (Fsp3) is 0.500. The average Bonchev–Trinajstić information content (AvgIpc) is 2.44. The highest BCUT2D eigenvalue weighted by molar-refractivity contribution is 14.0. The predicted octanol–water partition coefficient (Wildman–Crippen LogP) is 3.25. The first-order valence-corrected chi connectivity index (χ1v) is 7.52. The molecule has 6 heteroatoms. The van der Waals surface area contributed by atoms with E-state index >= 15 is 0 Å². The first-order valence-electron chi connectivity index (χ1n) is 7.52. The minimum Gasteiger partial charge on any atom is -0.370 e. The van der Waals surface area contributed by atoms with Gasteiger partial charge in [-0.3, -0.25) is 4.79 Å². The van der Waals surface area contributed by atoms with Crippen LogP contribution in [-0.4, -0.2) is 18.4 Å². The molecular formula is C16H27IN4O. The molecule has 0 radical (unpaired) electrons. The van der Waals surface area contributed by atoms with E-state index in [1.165, 1.54) is 26.2 Å². The number of nitrogens with zero attached hydrogens (tertiary/aromatic N) is 1.